The third-order valence-corrected chi connectivity index (χ3v) is 5.14. The molecule has 3 rings (SSSR count). The van der Waals surface area contributed by atoms with Crippen molar-refractivity contribution in [2.45, 2.75) is 6.17 Å². The highest BCUT2D eigenvalue weighted by Gasteiger charge is 2.28. The van der Waals surface area contributed by atoms with Crippen molar-refractivity contribution in [3.8, 4) is 0 Å². The summed E-state index contributed by atoms with van der Waals surface area (Å²) >= 11 is 0. The van der Waals surface area contributed by atoms with E-state index in [-0.39, 0.29) is 33.8 Å². The molecule has 1 unspecified atom stereocenters. The molecule has 184 valence electrons. The molecule has 3 aromatic rings. The van der Waals surface area contributed by atoms with Crippen LogP contribution in [0.1, 0.15) is 22.9 Å². The Balaban J connectivity index is 2.03. The predicted octanol–water partition coefficient (Wildman–Crippen LogP) is 4.34. The number of hydrazone groups is 2. The van der Waals surface area contributed by atoms with Gasteiger partial charge in [-0.15, -0.1) is 0 Å². The molecule has 0 bridgehead atoms. The fourth-order valence-corrected chi connectivity index (χ4v) is 3.48. The number of benzene rings is 3. The Bertz CT molecular complexity index is 1270. The fourth-order valence-electron chi connectivity index (χ4n) is 3.48. The van der Waals surface area contributed by atoms with Crippen LogP contribution in [0, 0.1) is 30.3 Å². The molecule has 3 aromatic carbocycles. The Kier molecular flexibility index (Phi) is 7.97. The van der Waals surface area contributed by atoms with Crippen LogP contribution in [0.3, 0.4) is 0 Å². The van der Waals surface area contributed by atoms with E-state index in [0.29, 0.717) is 0 Å². The van der Waals surface area contributed by atoms with E-state index in [1.807, 2.05) is 0 Å². The summed E-state index contributed by atoms with van der Waals surface area (Å²) in [7, 11) is 3.06. The zero-order valence-electron chi connectivity index (χ0n) is 19.2. The maximum atomic E-state index is 11.7. The van der Waals surface area contributed by atoms with Crippen LogP contribution >= 0.6 is 0 Å². The second-order valence-electron chi connectivity index (χ2n) is 7.46. The van der Waals surface area contributed by atoms with Gasteiger partial charge in [-0.3, -0.25) is 40.4 Å². The first kappa shape index (κ1) is 25.4. The second kappa shape index (κ2) is 11.3. The van der Waals surface area contributed by atoms with Gasteiger partial charge in [-0.05, 0) is 18.2 Å². The van der Waals surface area contributed by atoms with Crippen molar-refractivity contribution in [3.63, 3.8) is 0 Å². The van der Waals surface area contributed by atoms with Crippen molar-refractivity contribution in [2.75, 3.05) is 14.1 Å². The molecule has 0 heterocycles. The summed E-state index contributed by atoms with van der Waals surface area (Å²) in [5.41, 5.74) is 0.220. The normalized spacial score (nSPS) is 11.9. The van der Waals surface area contributed by atoms with E-state index in [4.69, 9.17) is 0 Å². The predicted molar refractivity (Wildman–Crippen MR) is 133 cm³/mol. The third kappa shape index (κ3) is 5.83. The van der Waals surface area contributed by atoms with Crippen LogP contribution in [0.25, 0.3) is 0 Å². The highest BCUT2D eigenvalue weighted by molar-refractivity contribution is 5.85. The molecule has 0 aromatic heterocycles. The van der Waals surface area contributed by atoms with Crippen LogP contribution in [0.5, 0.6) is 0 Å². The largest absolute Gasteiger partial charge is 0.278 e. The summed E-state index contributed by atoms with van der Waals surface area (Å²) in [5.74, 6) is 0. The van der Waals surface area contributed by atoms with Crippen LogP contribution in [-0.2, 0) is 0 Å². The Labute approximate surface area is 205 Å². The first-order valence-electron chi connectivity index (χ1n) is 10.4. The Hall–Kier alpha value is -5.20. The third-order valence-electron chi connectivity index (χ3n) is 5.14. The molecule has 1 atom stereocenters. The molecule has 0 saturated heterocycles. The Morgan fingerprint density at radius 1 is 0.639 bits per heavy atom. The molecule has 0 N–H and O–H groups in total. The van der Waals surface area contributed by atoms with Crippen molar-refractivity contribution < 1.29 is 14.8 Å². The number of nitro benzene ring substituents is 3. The molecule has 0 amide bonds. The van der Waals surface area contributed by atoms with Crippen molar-refractivity contribution in [3.05, 3.63) is 120 Å². The second-order valence-corrected chi connectivity index (χ2v) is 7.46. The first-order valence-corrected chi connectivity index (χ1v) is 10.4. The Morgan fingerprint density at radius 3 is 1.42 bits per heavy atom. The van der Waals surface area contributed by atoms with E-state index in [1.54, 1.807) is 18.2 Å². The monoisotopic (exact) mass is 491 g/mol. The minimum atomic E-state index is -0.940. The van der Waals surface area contributed by atoms with Gasteiger partial charge in [-0.1, -0.05) is 36.4 Å². The lowest BCUT2D eigenvalue weighted by atomic mass is 10.1. The first-order chi connectivity index (χ1) is 17.2. The summed E-state index contributed by atoms with van der Waals surface area (Å²) in [4.78, 5) is 32.7. The highest BCUT2D eigenvalue weighted by atomic mass is 16.6. The molecule has 0 aliphatic rings. The van der Waals surface area contributed by atoms with Crippen molar-refractivity contribution in [1.82, 2.24) is 10.0 Å². The van der Waals surface area contributed by atoms with E-state index in [2.05, 4.69) is 10.2 Å². The van der Waals surface area contributed by atoms with Crippen LogP contribution in [0.4, 0.5) is 17.1 Å². The zero-order valence-corrected chi connectivity index (χ0v) is 19.2. The van der Waals surface area contributed by atoms with Gasteiger partial charge >= 0.3 is 0 Å². The summed E-state index contributed by atoms with van der Waals surface area (Å²) < 4.78 is 0. The van der Waals surface area contributed by atoms with Gasteiger partial charge in [0.25, 0.3) is 17.1 Å². The van der Waals surface area contributed by atoms with Crippen LogP contribution in [0.2, 0.25) is 0 Å². The van der Waals surface area contributed by atoms with Gasteiger partial charge in [0.1, 0.15) is 0 Å². The Morgan fingerprint density at radius 2 is 1.00 bits per heavy atom. The number of nitrogens with zero attached hydrogens (tertiary/aromatic N) is 7. The van der Waals surface area contributed by atoms with Crippen molar-refractivity contribution >= 4 is 29.5 Å². The number of rotatable bonds is 10. The smallest absolute Gasteiger partial charge is 0.272 e. The zero-order chi connectivity index (χ0) is 26.2. The lowest BCUT2D eigenvalue weighted by Gasteiger charge is -2.31. The molecular weight excluding hydrogens is 470 g/mol. The van der Waals surface area contributed by atoms with Gasteiger partial charge in [0, 0.05) is 32.3 Å². The SMILES string of the molecule is CN(/N=C\c1ccccc1[N+](=O)[O-])C(c1ccccc1[N+](=O)[O-])N(C)/N=C/c1ccccc1[N+](=O)[O-]. The summed E-state index contributed by atoms with van der Waals surface area (Å²) in [6.45, 7) is 0. The minimum Gasteiger partial charge on any atom is -0.272 e. The van der Waals surface area contributed by atoms with Crippen LogP contribution < -0.4 is 0 Å². The topological polar surface area (TPSA) is 161 Å². The van der Waals surface area contributed by atoms with Crippen molar-refractivity contribution in [2.24, 2.45) is 10.2 Å². The average Bonchev–Trinajstić information content (AvgIpc) is 2.86. The van der Waals surface area contributed by atoms with Gasteiger partial charge in [-0.2, -0.15) is 10.2 Å². The molecule has 0 aliphatic carbocycles. The van der Waals surface area contributed by atoms with E-state index in [0.717, 1.165) is 0 Å². The summed E-state index contributed by atoms with van der Waals surface area (Å²) in [5, 5.41) is 45.7. The lowest BCUT2D eigenvalue weighted by molar-refractivity contribution is -0.386. The number of nitro groups is 3. The van der Waals surface area contributed by atoms with Crippen molar-refractivity contribution in [1.29, 1.82) is 0 Å². The van der Waals surface area contributed by atoms with Gasteiger partial charge in [0.15, 0.2) is 6.17 Å². The van der Waals surface area contributed by atoms with Gasteiger partial charge in [0.2, 0.25) is 0 Å². The maximum Gasteiger partial charge on any atom is 0.278 e. The minimum absolute atomic E-state index is 0.153. The number of para-hydroxylation sites is 3. The van der Waals surface area contributed by atoms with Crippen LogP contribution in [-0.4, -0.2) is 51.3 Å². The quantitative estimate of drug-likeness (QED) is 0.175. The molecule has 0 fully saturated rings. The number of hydrogen-bond donors (Lipinski definition) is 0. The highest BCUT2D eigenvalue weighted by Crippen LogP contribution is 2.31. The molecule has 0 aliphatic heterocycles. The lowest BCUT2D eigenvalue weighted by Crippen LogP contribution is -2.32. The molecule has 0 saturated carbocycles. The molecule has 0 spiro atoms. The van der Waals surface area contributed by atoms with E-state index in [9.17, 15) is 30.3 Å². The summed E-state index contributed by atoms with van der Waals surface area (Å²) in [6.07, 6.45) is 1.61. The van der Waals surface area contributed by atoms with E-state index < -0.39 is 20.9 Å². The molecule has 36 heavy (non-hydrogen) atoms. The average molecular weight is 491 g/mol. The fraction of sp³-hybridized carbons (Fsp3) is 0.130. The molecular formula is C23H21N7O6. The summed E-state index contributed by atoms with van der Waals surface area (Å²) in [6, 6.07) is 18.0. The standard InChI is InChI=1S/C23H21N7O6/c1-26(24-15-17-9-3-6-12-20(17)28(31)32)23(19-11-5-8-14-22(19)30(35)36)27(2)25-16-18-10-4-7-13-21(18)29(33)34/h3-16,23H,1-2H3/b24-15-,25-16+. The molecule has 13 nitrogen and oxygen atoms in total. The molecule has 13 heteroatoms. The maximum absolute atomic E-state index is 11.7. The van der Waals surface area contributed by atoms with E-state index >= 15 is 0 Å². The molecule has 0 radical (unpaired) electrons. The number of hydrogen-bond acceptors (Lipinski definition) is 10. The van der Waals surface area contributed by atoms with Gasteiger partial charge in [0.05, 0.1) is 43.9 Å². The van der Waals surface area contributed by atoms with Gasteiger partial charge in [-0.25, -0.2) is 0 Å². The van der Waals surface area contributed by atoms with E-state index in [1.165, 1.54) is 91.1 Å². The van der Waals surface area contributed by atoms with Crippen LogP contribution in [0.15, 0.2) is 83.0 Å². The van der Waals surface area contributed by atoms with Gasteiger partial charge < -0.3 is 0 Å².